The maximum absolute atomic E-state index is 4.68. The molecule has 2 aromatic carbocycles. The van der Waals surface area contributed by atoms with Crippen molar-refractivity contribution in [3.63, 3.8) is 0 Å². The molecule has 4 heteroatoms. The molecule has 124 valence electrons. The van der Waals surface area contributed by atoms with Crippen LogP contribution >= 0.6 is 0 Å². The van der Waals surface area contributed by atoms with E-state index < -0.39 is 0 Å². The van der Waals surface area contributed by atoms with Crippen LogP contribution in [0.15, 0.2) is 86.0 Å². The third-order valence-electron chi connectivity index (χ3n) is 3.67. The summed E-state index contributed by atoms with van der Waals surface area (Å²) in [6.07, 6.45) is 3.66. The summed E-state index contributed by atoms with van der Waals surface area (Å²) in [5.74, 6) is 1.93. The molecule has 0 unspecified atom stereocenters. The van der Waals surface area contributed by atoms with Crippen LogP contribution in [-0.4, -0.2) is 28.0 Å². The third kappa shape index (κ3) is 3.98. The number of anilines is 1. The molecule has 1 heterocycles. The topological polar surface area (TPSA) is 41.9 Å². The lowest BCUT2D eigenvalue weighted by Gasteiger charge is -2.20. The van der Waals surface area contributed by atoms with E-state index in [2.05, 4.69) is 28.1 Å². The molecule has 0 bridgehead atoms. The molecule has 0 fully saturated rings. The zero-order chi connectivity index (χ0) is 17.5. The third-order valence-corrected chi connectivity index (χ3v) is 3.67. The Balaban J connectivity index is 2.14. The monoisotopic (exact) mass is 328 g/mol. The van der Waals surface area contributed by atoms with Gasteiger partial charge in [-0.2, -0.15) is 9.97 Å². The van der Waals surface area contributed by atoms with Gasteiger partial charge in [0.25, 0.3) is 0 Å². The molecule has 4 nitrogen and oxygen atoms in total. The SMILES string of the molecule is C=CCN(CC=C)c1nc(-c2ccccc2)nc(-c2ccccc2)n1. The van der Waals surface area contributed by atoms with E-state index in [0.717, 1.165) is 11.1 Å². The van der Waals surface area contributed by atoms with E-state index in [9.17, 15) is 0 Å². The largest absolute Gasteiger partial charge is 0.333 e. The molecule has 0 radical (unpaired) electrons. The van der Waals surface area contributed by atoms with E-state index in [1.54, 1.807) is 0 Å². The zero-order valence-corrected chi connectivity index (χ0v) is 14.0. The Morgan fingerprint density at radius 3 is 1.52 bits per heavy atom. The summed E-state index contributed by atoms with van der Waals surface area (Å²) in [5.41, 5.74) is 1.92. The van der Waals surface area contributed by atoms with Crippen molar-refractivity contribution < 1.29 is 0 Å². The summed E-state index contributed by atoms with van der Waals surface area (Å²) < 4.78 is 0. The summed E-state index contributed by atoms with van der Waals surface area (Å²) in [5, 5.41) is 0. The van der Waals surface area contributed by atoms with Crippen molar-refractivity contribution in [2.45, 2.75) is 0 Å². The van der Waals surface area contributed by atoms with Crippen LogP contribution in [0.2, 0.25) is 0 Å². The predicted octanol–water partition coefficient (Wildman–Crippen LogP) is 4.38. The first kappa shape index (κ1) is 16.6. The molecule has 0 aliphatic rings. The Hall–Kier alpha value is -3.27. The Bertz CT molecular complexity index is 777. The van der Waals surface area contributed by atoms with Gasteiger partial charge in [-0.3, -0.25) is 0 Å². The van der Waals surface area contributed by atoms with E-state index in [0.29, 0.717) is 30.7 Å². The van der Waals surface area contributed by atoms with Crippen LogP contribution in [0.1, 0.15) is 0 Å². The Morgan fingerprint density at radius 1 is 0.680 bits per heavy atom. The number of aromatic nitrogens is 3. The molecule has 25 heavy (non-hydrogen) atoms. The van der Waals surface area contributed by atoms with Crippen LogP contribution in [0.5, 0.6) is 0 Å². The molecule has 3 rings (SSSR count). The fourth-order valence-electron chi connectivity index (χ4n) is 2.49. The molecule has 0 saturated heterocycles. The van der Waals surface area contributed by atoms with Crippen LogP contribution in [0.3, 0.4) is 0 Å². The van der Waals surface area contributed by atoms with Crippen LogP contribution in [-0.2, 0) is 0 Å². The van der Waals surface area contributed by atoms with Gasteiger partial charge in [0.2, 0.25) is 5.95 Å². The maximum atomic E-state index is 4.68. The van der Waals surface area contributed by atoms with Crippen molar-refractivity contribution in [1.29, 1.82) is 0 Å². The Kier molecular flexibility index (Phi) is 5.32. The van der Waals surface area contributed by atoms with Crippen LogP contribution in [0.4, 0.5) is 5.95 Å². The van der Waals surface area contributed by atoms with Crippen molar-refractivity contribution in [2.75, 3.05) is 18.0 Å². The quantitative estimate of drug-likeness (QED) is 0.603. The molecule has 0 amide bonds. The number of hydrogen-bond donors (Lipinski definition) is 0. The number of hydrogen-bond acceptors (Lipinski definition) is 4. The summed E-state index contributed by atoms with van der Waals surface area (Å²) in [6, 6.07) is 19.9. The maximum Gasteiger partial charge on any atom is 0.230 e. The number of rotatable bonds is 7. The van der Waals surface area contributed by atoms with Gasteiger partial charge >= 0.3 is 0 Å². The number of nitrogens with zero attached hydrogens (tertiary/aromatic N) is 4. The van der Waals surface area contributed by atoms with Gasteiger partial charge in [0.05, 0.1) is 0 Å². The van der Waals surface area contributed by atoms with Gasteiger partial charge in [-0.25, -0.2) is 4.98 Å². The van der Waals surface area contributed by atoms with Gasteiger partial charge in [0.15, 0.2) is 11.6 Å². The minimum atomic E-state index is 0.618. The highest BCUT2D eigenvalue weighted by Gasteiger charge is 2.14. The average molecular weight is 328 g/mol. The van der Waals surface area contributed by atoms with E-state index >= 15 is 0 Å². The second kappa shape index (κ2) is 8.02. The van der Waals surface area contributed by atoms with E-state index in [4.69, 9.17) is 0 Å². The first-order valence-electron chi connectivity index (χ1n) is 8.15. The molecule has 0 aliphatic carbocycles. The number of benzene rings is 2. The lowest BCUT2D eigenvalue weighted by Crippen LogP contribution is -2.26. The molecule has 0 aliphatic heterocycles. The summed E-state index contributed by atoms with van der Waals surface area (Å²) >= 11 is 0. The lowest BCUT2D eigenvalue weighted by atomic mass is 10.2. The second-order valence-electron chi connectivity index (χ2n) is 5.50. The Labute approximate surface area is 148 Å². The predicted molar refractivity (Wildman–Crippen MR) is 103 cm³/mol. The summed E-state index contributed by atoms with van der Waals surface area (Å²) in [6.45, 7) is 8.92. The second-order valence-corrected chi connectivity index (χ2v) is 5.50. The van der Waals surface area contributed by atoms with Crippen LogP contribution in [0, 0.1) is 0 Å². The van der Waals surface area contributed by atoms with Crippen molar-refractivity contribution >= 4 is 5.95 Å². The summed E-state index contributed by atoms with van der Waals surface area (Å²) in [7, 11) is 0. The molecule has 1 aromatic heterocycles. The highest BCUT2D eigenvalue weighted by molar-refractivity contribution is 5.63. The highest BCUT2D eigenvalue weighted by Crippen LogP contribution is 2.22. The van der Waals surface area contributed by atoms with Crippen LogP contribution in [0.25, 0.3) is 22.8 Å². The van der Waals surface area contributed by atoms with E-state index in [1.807, 2.05) is 77.7 Å². The molecular formula is C21H20N4. The fourth-order valence-corrected chi connectivity index (χ4v) is 2.49. The van der Waals surface area contributed by atoms with Crippen molar-refractivity contribution in [1.82, 2.24) is 15.0 Å². The average Bonchev–Trinajstić information content (AvgIpc) is 2.69. The van der Waals surface area contributed by atoms with E-state index in [1.165, 1.54) is 0 Å². The van der Waals surface area contributed by atoms with Crippen molar-refractivity contribution in [2.24, 2.45) is 0 Å². The molecule has 0 spiro atoms. The lowest BCUT2D eigenvalue weighted by molar-refractivity contribution is 0.878. The normalized spacial score (nSPS) is 10.2. The van der Waals surface area contributed by atoms with Crippen molar-refractivity contribution in [3.05, 3.63) is 86.0 Å². The minimum absolute atomic E-state index is 0.618. The molecule has 0 N–H and O–H groups in total. The minimum Gasteiger partial charge on any atom is -0.333 e. The Morgan fingerprint density at radius 2 is 1.12 bits per heavy atom. The van der Waals surface area contributed by atoms with Gasteiger partial charge in [0, 0.05) is 24.2 Å². The van der Waals surface area contributed by atoms with Crippen LogP contribution < -0.4 is 4.90 Å². The van der Waals surface area contributed by atoms with Gasteiger partial charge in [-0.05, 0) is 0 Å². The molecule has 0 saturated carbocycles. The first-order valence-corrected chi connectivity index (χ1v) is 8.15. The van der Waals surface area contributed by atoms with E-state index in [-0.39, 0.29) is 0 Å². The summed E-state index contributed by atoms with van der Waals surface area (Å²) in [4.78, 5) is 16.0. The molecule has 0 atom stereocenters. The fraction of sp³-hybridized carbons (Fsp3) is 0.0952. The highest BCUT2D eigenvalue weighted by atomic mass is 15.3. The van der Waals surface area contributed by atoms with Gasteiger partial charge in [-0.15, -0.1) is 13.2 Å². The van der Waals surface area contributed by atoms with Crippen molar-refractivity contribution in [3.8, 4) is 22.8 Å². The van der Waals surface area contributed by atoms with Gasteiger partial charge in [0.1, 0.15) is 0 Å². The van der Waals surface area contributed by atoms with Gasteiger partial charge < -0.3 is 4.90 Å². The zero-order valence-electron chi connectivity index (χ0n) is 14.0. The molecular weight excluding hydrogens is 308 g/mol. The van der Waals surface area contributed by atoms with Gasteiger partial charge in [-0.1, -0.05) is 72.8 Å². The smallest absolute Gasteiger partial charge is 0.230 e. The first-order chi connectivity index (χ1) is 12.3. The standard InChI is InChI=1S/C21H20N4/c1-3-15-25(16-4-2)21-23-19(17-11-7-5-8-12-17)22-20(24-21)18-13-9-6-10-14-18/h3-14H,1-2,15-16H2. The molecule has 3 aromatic rings.